The Morgan fingerprint density at radius 2 is 1.85 bits per heavy atom. The van der Waals surface area contributed by atoms with Crippen molar-refractivity contribution in [3.8, 4) is 0 Å². The zero-order chi connectivity index (χ0) is 24.2. The zero-order valence-corrected chi connectivity index (χ0v) is 19.5. The molecule has 0 radical (unpaired) electrons. The van der Waals surface area contributed by atoms with Gasteiger partial charge < -0.3 is 28.7 Å². The highest BCUT2D eigenvalue weighted by Crippen LogP contribution is 2.25. The Balaban J connectivity index is 1.82. The number of amides is 2. The lowest BCUT2D eigenvalue weighted by molar-refractivity contribution is -0.172. The predicted molar refractivity (Wildman–Crippen MR) is 116 cm³/mol. The monoisotopic (exact) mass is 466 g/mol. The Bertz CT molecular complexity index is 880. The second-order valence-electron chi connectivity index (χ2n) is 8.96. The fourth-order valence-corrected chi connectivity index (χ4v) is 3.66. The average Bonchev–Trinajstić information content (AvgIpc) is 2.76. The summed E-state index contributed by atoms with van der Waals surface area (Å²) in [4.78, 5) is 40.7. The molecule has 33 heavy (non-hydrogen) atoms. The number of ether oxygens (including phenoxy) is 4. The van der Waals surface area contributed by atoms with E-state index in [-0.39, 0.29) is 36.9 Å². The van der Waals surface area contributed by atoms with Crippen LogP contribution < -0.4 is 4.90 Å². The predicted octanol–water partition coefficient (Wildman–Crippen LogP) is 1.78. The lowest BCUT2D eigenvalue weighted by Gasteiger charge is -2.36. The van der Waals surface area contributed by atoms with E-state index < -0.39 is 35.5 Å². The maximum absolute atomic E-state index is 14.5. The molecule has 0 saturated carbocycles. The van der Waals surface area contributed by atoms with E-state index in [2.05, 4.69) is 0 Å². The van der Waals surface area contributed by atoms with Gasteiger partial charge in [0.15, 0.2) is 12.2 Å². The van der Waals surface area contributed by atoms with Gasteiger partial charge in [0, 0.05) is 37.8 Å². The molecule has 0 spiro atoms. The van der Waals surface area contributed by atoms with E-state index in [0.29, 0.717) is 26.3 Å². The van der Waals surface area contributed by atoms with Crippen molar-refractivity contribution in [2.24, 2.45) is 0 Å². The van der Waals surface area contributed by atoms with Crippen molar-refractivity contribution in [1.82, 2.24) is 4.90 Å². The quantitative estimate of drug-likeness (QED) is 0.590. The third-order valence-electron chi connectivity index (χ3n) is 5.20. The number of rotatable bonds is 6. The number of morpholine rings is 2. The summed E-state index contributed by atoms with van der Waals surface area (Å²) in [6, 6.07) is 3.85. The van der Waals surface area contributed by atoms with Crippen LogP contribution in [0.1, 0.15) is 38.1 Å². The van der Waals surface area contributed by atoms with E-state index in [1.54, 1.807) is 4.90 Å². The molecule has 1 aromatic rings. The van der Waals surface area contributed by atoms with Gasteiger partial charge in [-0.15, -0.1) is 0 Å². The van der Waals surface area contributed by atoms with Crippen molar-refractivity contribution < 1.29 is 37.7 Å². The van der Waals surface area contributed by atoms with Crippen LogP contribution in [0, 0.1) is 5.82 Å². The molecule has 182 valence electrons. The van der Waals surface area contributed by atoms with Crippen molar-refractivity contribution >= 4 is 23.5 Å². The molecule has 3 rings (SSSR count). The first-order valence-corrected chi connectivity index (χ1v) is 11.0. The van der Waals surface area contributed by atoms with Crippen molar-refractivity contribution in [2.75, 3.05) is 51.0 Å². The van der Waals surface area contributed by atoms with Crippen molar-refractivity contribution in [1.29, 1.82) is 0 Å². The maximum atomic E-state index is 14.5. The van der Waals surface area contributed by atoms with Gasteiger partial charge in [0.1, 0.15) is 5.82 Å². The molecule has 9 nitrogen and oxygen atoms in total. The number of carbonyl (C=O) groups excluding carboxylic acids is 3. The van der Waals surface area contributed by atoms with E-state index in [1.807, 2.05) is 20.8 Å². The fourth-order valence-electron chi connectivity index (χ4n) is 3.66. The number of hydrogen-bond donors (Lipinski definition) is 0. The van der Waals surface area contributed by atoms with Gasteiger partial charge in [-0.3, -0.25) is 14.4 Å². The van der Waals surface area contributed by atoms with Gasteiger partial charge in [0.2, 0.25) is 0 Å². The Kier molecular flexibility index (Phi) is 8.04. The van der Waals surface area contributed by atoms with Gasteiger partial charge >= 0.3 is 5.97 Å². The molecule has 0 N–H and O–H groups in total. The molecular weight excluding hydrogens is 435 g/mol. The summed E-state index contributed by atoms with van der Waals surface area (Å²) in [5.74, 6) is -2.03. The van der Waals surface area contributed by atoms with Gasteiger partial charge in [0.25, 0.3) is 11.8 Å². The summed E-state index contributed by atoms with van der Waals surface area (Å²) in [6.07, 6.45) is -2.09. The fraction of sp³-hybridized carbons (Fsp3) is 0.609. The number of benzene rings is 1. The van der Waals surface area contributed by atoms with Gasteiger partial charge in [-0.2, -0.15) is 0 Å². The first-order valence-electron chi connectivity index (χ1n) is 11.0. The molecule has 0 bridgehead atoms. The van der Waals surface area contributed by atoms with Crippen LogP contribution in [0.4, 0.5) is 10.1 Å². The smallest absolute Gasteiger partial charge is 0.303 e. The third kappa shape index (κ3) is 6.72. The summed E-state index contributed by atoms with van der Waals surface area (Å²) in [7, 11) is 0. The van der Waals surface area contributed by atoms with Crippen LogP contribution in [-0.2, 0) is 28.5 Å². The number of halogens is 1. The molecule has 0 aliphatic carbocycles. The second-order valence-corrected chi connectivity index (χ2v) is 8.96. The van der Waals surface area contributed by atoms with Crippen LogP contribution in [-0.4, -0.2) is 86.6 Å². The standard InChI is InChI=1S/C23H31FN2O7/c1-15(27)33-19(14-32-23(2,3)4)20-22(29)26(7-10-31-20)18-12-16(11-17(24)13-18)21(28)25-5-8-30-9-6-25/h11-13,19-20H,5-10,14H2,1-4H3. The van der Waals surface area contributed by atoms with Gasteiger partial charge in [0.05, 0.1) is 32.0 Å². The van der Waals surface area contributed by atoms with Crippen LogP contribution >= 0.6 is 0 Å². The van der Waals surface area contributed by atoms with Crippen LogP contribution in [0.5, 0.6) is 0 Å². The van der Waals surface area contributed by atoms with E-state index in [9.17, 15) is 18.8 Å². The van der Waals surface area contributed by atoms with Crippen LogP contribution in [0.2, 0.25) is 0 Å². The highest BCUT2D eigenvalue weighted by atomic mass is 19.1. The molecule has 0 aromatic heterocycles. The van der Waals surface area contributed by atoms with Crippen molar-refractivity contribution in [3.63, 3.8) is 0 Å². The van der Waals surface area contributed by atoms with E-state index >= 15 is 0 Å². The molecule has 2 fully saturated rings. The van der Waals surface area contributed by atoms with E-state index in [1.165, 1.54) is 24.0 Å². The average molecular weight is 467 g/mol. The molecule has 1 aromatic carbocycles. The number of esters is 1. The Morgan fingerprint density at radius 3 is 2.48 bits per heavy atom. The largest absolute Gasteiger partial charge is 0.457 e. The first-order chi connectivity index (χ1) is 15.5. The van der Waals surface area contributed by atoms with E-state index in [0.717, 1.165) is 6.07 Å². The highest BCUT2D eigenvalue weighted by Gasteiger charge is 2.39. The number of carbonyl (C=O) groups is 3. The van der Waals surface area contributed by atoms with Crippen LogP contribution in [0.3, 0.4) is 0 Å². The minimum Gasteiger partial charge on any atom is -0.457 e. The number of hydrogen-bond acceptors (Lipinski definition) is 7. The van der Waals surface area contributed by atoms with E-state index in [4.69, 9.17) is 18.9 Å². The van der Waals surface area contributed by atoms with Gasteiger partial charge in [-0.05, 0) is 39.0 Å². The summed E-state index contributed by atoms with van der Waals surface area (Å²) in [6.45, 7) is 8.71. The lowest BCUT2D eigenvalue weighted by Crippen LogP contribution is -2.55. The van der Waals surface area contributed by atoms with Crippen molar-refractivity contribution in [2.45, 2.75) is 45.5 Å². The second kappa shape index (κ2) is 10.6. The summed E-state index contributed by atoms with van der Waals surface area (Å²) in [5.41, 5.74) is -0.133. The first kappa shape index (κ1) is 25.1. The Labute approximate surface area is 192 Å². The molecule has 2 amide bonds. The molecule has 2 unspecified atom stereocenters. The zero-order valence-electron chi connectivity index (χ0n) is 19.5. The summed E-state index contributed by atoms with van der Waals surface area (Å²) < 4.78 is 36.4. The number of anilines is 1. The SMILES string of the molecule is CC(=O)OC(COC(C)(C)C)C1OCCN(c2cc(F)cc(C(=O)N3CCOCC3)c2)C1=O. The topological polar surface area (TPSA) is 94.6 Å². The minimum atomic E-state index is -1.12. The maximum Gasteiger partial charge on any atom is 0.303 e. The molecule has 10 heteroatoms. The Morgan fingerprint density at radius 1 is 1.15 bits per heavy atom. The molecule has 2 atom stereocenters. The molecular formula is C23H31FN2O7. The van der Waals surface area contributed by atoms with Crippen LogP contribution in [0.25, 0.3) is 0 Å². The van der Waals surface area contributed by atoms with Crippen LogP contribution in [0.15, 0.2) is 18.2 Å². The summed E-state index contributed by atoms with van der Waals surface area (Å²) >= 11 is 0. The van der Waals surface area contributed by atoms with Gasteiger partial charge in [-0.1, -0.05) is 0 Å². The molecule has 2 heterocycles. The van der Waals surface area contributed by atoms with Gasteiger partial charge in [-0.25, -0.2) is 4.39 Å². The van der Waals surface area contributed by atoms with Crippen molar-refractivity contribution in [3.05, 3.63) is 29.6 Å². The molecule has 2 aliphatic heterocycles. The lowest BCUT2D eigenvalue weighted by atomic mass is 10.1. The highest BCUT2D eigenvalue weighted by molar-refractivity contribution is 6.00. The number of nitrogens with zero attached hydrogens (tertiary/aromatic N) is 2. The molecule has 2 saturated heterocycles. The normalized spacial score (nSPS) is 20.5. The minimum absolute atomic E-state index is 0.0444. The Hall–Kier alpha value is -2.56. The molecule has 2 aliphatic rings. The third-order valence-corrected chi connectivity index (χ3v) is 5.20. The summed E-state index contributed by atoms with van der Waals surface area (Å²) in [5, 5.41) is 0.